The van der Waals surface area contributed by atoms with Gasteiger partial charge < -0.3 is 21.3 Å². The molecule has 0 saturated heterocycles. The van der Waals surface area contributed by atoms with Gasteiger partial charge in [0.25, 0.3) is 10.1 Å². The molecule has 0 saturated carbocycles. The van der Waals surface area contributed by atoms with E-state index < -0.39 is 52.8 Å². The Balaban J connectivity index is 0.00000380. The molecule has 0 heterocycles. The summed E-state index contributed by atoms with van der Waals surface area (Å²) < 4.78 is 69.9. The molecule has 0 aliphatic heterocycles. The second-order valence-electron chi connectivity index (χ2n) is 8.34. The van der Waals surface area contributed by atoms with Gasteiger partial charge in [-0.15, -0.1) is 0 Å². The summed E-state index contributed by atoms with van der Waals surface area (Å²) in [7, 11) is -9.95. The maximum Gasteiger partial charge on any atom is 1.00 e. The zero-order valence-corrected chi connectivity index (χ0v) is 23.8. The maximum atomic E-state index is 13.5. The van der Waals surface area contributed by atoms with Gasteiger partial charge in [-0.05, 0) is 43.5 Å². The van der Waals surface area contributed by atoms with Crippen LogP contribution < -0.4 is 46.3 Å². The number of rotatable bonds is 4. The predicted molar refractivity (Wildman–Crippen MR) is 130 cm³/mol. The number of nitrogen functional groups attached to an aromatic ring is 2. The van der Waals surface area contributed by atoms with E-state index in [2.05, 4.69) is 5.32 Å². The van der Waals surface area contributed by atoms with Gasteiger partial charge in [0.05, 0.1) is 27.4 Å². The van der Waals surface area contributed by atoms with Crippen molar-refractivity contribution in [2.45, 2.75) is 30.6 Å². The second-order valence-corrected chi connectivity index (χ2v) is 11.0. The fraction of sp³-hybridized carbons (Fsp3) is 0.130. The van der Waals surface area contributed by atoms with Crippen molar-refractivity contribution < 1.29 is 65.1 Å². The van der Waals surface area contributed by atoms with E-state index in [1.165, 1.54) is 45.0 Å². The number of benzene rings is 3. The third-order valence-corrected chi connectivity index (χ3v) is 8.23. The molecule has 0 unspecified atom stereocenters. The van der Waals surface area contributed by atoms with E-state index in [4.69, 9.17) is 11.5 Å². The van der Waals surface area contributed by atoms with Gasteiger partial charge in [-0.3, -0.25) is 14.1 Å². The molecule has 0 aromatic heterocycles. The summed E-state index contributed by atoms with van der Waals surface area (Å²) in [5, 5.41) is 2.78. The van der Waals surface area contributed by atoms with Crippen LogP contribution in [0.15, 0.2) is 40.1 Å². The van der Waals surface area contributed by atoms with Gasteiger partial charge in [-0.25, -0.2) is 8.42 Å². The van der Waals surface area contributed by atoms with Crippen LogP contribution in [-0.4, -0.2) is 37.5 Å². The summed E-state index contributed by atoms with van der Waals surface area (Å²) >= 11 is 0. The van der Waals surface area contributed by atoms with E-state index in [1.807, 2.05) is 0 Å². The van der Waals surface area contributed by atoms with Crippen LogP contribution in [0.3, 0.4) is 0 Å². The molecule has 188 valence electrons. The monoisotopic (exact) mass is 553 g/mol. The third-order valence-electron chi connectivity index (χ3n) is 6.23. The van der Waals surface area contributed by atoms with Crippen molar-refractivity contribution in [3.8, 4) is 0 Å². The zero-order valence-electron chi connectivity index (χ0n) is 20.2. The molecule has 0 fully saturated rings. The number of nitrogens with two attached hydrogens (primary N) is 2. The number of carbonyl (C=O) groups is 2. The van der Waals surface area contributed by atoms with Crippen LogP contribution in [0.25, 0.3) is 0 Å². The standard InChI is InChI=1S/C23H21N3O8S2.Na/c1-9-18(24)10(2)23(36(32,33)34)11(3)20(9)26-14-8-15(35(29,30)31)19(25)17-16(14)21(27)12-6-4-5-7-13(12)22(17)28;/h4-8,26H,24-25H2,1-3H3,(H,29,30,31)(H,32,33,34);/q;+1/p-1. The summed E-state index contributed by atoms with van der Waals surface area (Å²) in [5.41, 5.74) is 10.7. The van der Waals surface area contributed by atoms with Gasteiger partial charge >= 0.3 is 29.6 Å². The summed E-state index contributed by atoms with van der Waals surface area (Å²) in [6.07, 6.45) is 0. The summed E-state index contributed by atoms with van der Waals surface area (Å²) in [5.74, 6) is -1.43. The van der Waals surface area contributed by atoms with E-state index in [0.717, 1.165) is 6.07 Å². The summed E-state index contributed by atoms with van der Waals surface area (Å²) in [6, 6.07) is 6.65. The Morgan fingerprint density at radius 2 is 1.35 bits per heavy atom. The Kier molecular flexibility index (Phi) is 7.40. The minimum Gasteiger partial charge on any atom is -0.744 e. The molecule has 0 atom stereocenters. The fourth-order valence-electron chi connectivity index (χ4n) is 4.52. The van der Waals surface area contributed by atoms with Crippen LogP contribution in [0.5, 0.6) is 0 Å². The molecule has 0 amide bonds. The molecule has 1 aliphatic carbocycles. The van der Waals surface area contributed by atoms with Gasteiger partial charge in [-0.1, -0.05) is 24.3 Å². The van der Waals surface area contributed by atoms with Gasteiger partial charge in [0.2, 0.25) is 0 Å². The van der Waals surface area contributed by atoms with Crippen LogP contribution in [0.1, 0.15) is 48.5 Å². The van der Waals surface area contributed by atoms with Crippen molar-refractivity contribution in [3.05, 3.63) is 69.3 Å². The molecule has 4 rings (SSSR count). The van der Waals surface area contributed by atoms with E-state index in [1.54, 1.807) is 0 Å². The fourth-order valence-corrected chi connectivity index (χ4v) is 6.14. The largest absolute Gasteiger partial charge is 1.00 e. The minimum atomic E-state index is -5.21. The van der Waals surface area contributed by atoms with Crippen LogP contribution >= 0.6 is 0 Å². The molecule has 0 spiro atoms. The average molecular weight is 554 g/mol. The molecular weight excluding hydrogens is 533 g/mol. The number of fused-ring (bicyclic) bond motifs is 2. The molecule has 1 aliphatic rings. The van der Waals surface area contributed by atoms with Crippen LogP contribution in [-0.2, 0) is 20.2 Å². The number of hydrogen-bond acceptors (Lipinski definition) is 10. The van der Waals surface area contributed by atoms with Crippen molar-refractivity contribution in [2.75, 3.05) is 16.8 Å². The van der Waals surface area contributed by atoms with Crippen LogP contribution in [0.4, 0.5) is 22.7 Å². The molecule has 3 aromatic carbocycles. The van der Waals surface area contributed by atoms with Gasteiger partial charge in [0, 0.05) is 22.5 Å². The molecule has 37 heavy (non-hydrogen) atoms. The Hall–Kier alpha value is -2.78. The first kappa shape index (κ1) is 28.8. The maximum absolute atomic E-state index is 13.5. The molecule has 3 aromatic rings. The number of hydrogen-bond donors (Lipinski definition) is 4. The molecule has 11 nitrogen and oxygen atoms in total. The quantitative estimate of drug-likeness (QED) is 0.143. The average Bonchev–Trinajstić information content (AvgIpc) is 2.77. The number of ketones is 2. The molecule has 6 N–H and O–H groups in total. The first-order chi connectivity index (χ1) is 16.6. The van der Waals surface area contributed by atoms with Crippen molar-refractivity contribution in [1.82, 2.24) is 0 Å². The number of nitrogens with one attached hydrogen (secondary N) is 1. The van der Waals surface area contributed by atoms with Crippen molar-refractivity contribution in [2.24, 2.45) is 0 Å². The Morgan fingerprint density at radius 3 is 1.84 bits per heavy atom. The van der Waals surface area contributed by atoms with E-state index >= 15 is 0 Å². The summed E-state index contributed by atoms with van der Waals surface area (Å²) in [6.45, 7) is 4.29. The van der Waals surface area contributed by atoms with Gasteiger partial charge in [0.15, 0.2) is 11.6 Å². The molecule has 0 bridgehead atoms. The van der Waals surface area contributed by atoms with Crippen molar-refractivity contribution >= 4 is 54.6 Å². The first-order valence-electron chi connectivity index (χ1n) is 10.3. The molecular formula is C23H20N3NaO8S2. The molecule has 14 heteroatoms. The Bertz CT molecular complexity index is 1750. The normalized spacial score (nSPS) is 13.0. The SMILES string of the molecule is Cc1c(N)c(C)c(S(=O)(=O)O)c(C)c1Nc1cc(S(=O)(=O)[O-])c(N)c2c1C(=O)c1ccccc1C2=O.[Na+]. The molecule has 0 radical (unpaired) electrons. The summed E-state index contributed by atoms with van der Waals surface area (Å²) in [4.78, 5) is 25.3. The van der Waals surface area contributed by atoms with Gasteiger partial charge in [0.1, 0.15) is 15.0 Å². The Labute approximate surface area is 235 Å². The second kappa shape index (κ2) is 9.51. The van der Waals surface area contributed by atoms with E-state index in [0.29, 0.717) is 5.56 Å². The topological polar surface area (TPSA) is 210 Å². The number of carbonyl (C=O) groups excluding carboxylic acids is 2. The Morgan fingerprint density at radius 1 is 0.838 bits per heavy atom. The van der Waals surface area contributed by atoms with E-state index in [9.17, 15) is 35.5 Å². The van der Waals surface area contributed by atoms with Crippen molar-refractivity contribution in [3.63, 3.8) is 0 Å². The van der Waals surface area contributed by atoms with Crippen LogP contribution in [0.2, 0.25) is 0 Å². The van der Waals surface area contributed by atoms with Crippen LogP contribution in [0, 0.1) is 20.8 Å². The smallest absolute Gasteiger partial charge is 0.744 e. The zero-order chi connectivity index (χ0) is 26.9. The van der Waals surface area contributed by atoms with E-state index in [-0.39, 0.29) is 74.4 Å². The third kappa shape index (κ3) is 4.56. The van der Waals surface area contributed by atoms with Crippen molar-refractivity contribution in [1.29, 1.82) is 0 Å². The number of anilines is 4. The first-order valence-corrected chi connectivity index (χ1v) is 13.2. The predicted octanol–water partition coefficient (Wildman–Crippen LogP) is -0.550. The van der Waals surface area contributed by atoms with Gasteiger partial charge in [-0.2, -0.15) is 8.42 Å². The minimum absolute atomic E-state index is 0.